The van der Waals surface area contributed by atoms with Gasteiger partial charge < -0.3 is 15.7 Å². The summed E-state index contributed by atoms with van der Waals surface area (Å²) in [6.45, 7) is 4.85. The molecule has 0 aromatic heterocycles. The molecule has 6 heteroatoms. The Balaban J connectivity index is 1.99. The number of benzene rings is 1. The highest BCUT2D eigenvalue weighted by molar-refractivity contribution is 5.97. The first-order valence-corrected chi connectivity index (χ1v) is 7.67. The minimum absolute atomic E-state index is 0.190. The first-order valence-electron chi connectivity index (χ1n) is 7.67. The molecule has 3 N–H and O–H groups in total. The summed E-state index contributed by atoms with van der Waals surface area (Å²) in [5.41, 5.74) is -0.0194. The summed E-state index contributed by atoms with van der Waals surface area (Å²) in [7, 11) is 0. The zero-order valence-corrected chi connectivity index (χ0v) is 13.6. The summed E-state index contributed by atoms with van der Waals surface area (Å²) in [5.74, 6) is -1.48. The molecule has 23 heavy (non-hydrogen) atoms. The Morgan fingerprint density at radius 3 is 2.22 bits per heavy atom. The van der Waals surface area contributed by atoms with Crippen molar-refractivity contribution in [2.24, 2.45) is 0 Å². The second-order valence-electron chi connectivity index (χ2n) is 6.49. The van der Waals surface area contributed by atoms with E-state index in [1.54, 1.807) is 45.0 Å². The smallest absolute Gasteiger partial charge is 0.313 e. The van der Waals surface area contributed by atoms with Gasteiger partial charge in [0.15, 0.2) is 0 Å². The van der Waals surface area contributed by atoms with Gasteiger partial charge in [0.05, 0.1) is 5.41 Å². The van der Waals surface area contributed by atoms with Crippen molar-refractivity contribution in [3.63, 3.8) is 0 Å². The normalized spacial score (nSPS) is 15.6. The van der Waals surface area contributed by atoms with Crippen LogP contribution in [0.2, 0.25) is 0 Å². The van der Waals surface area contributed by atoms with Gasteiger partial charge in [-0.15, -0.1) is 0 Å². The maximum absolute atomic E-state index is 12.1. The Bertz CT molecular complexity index is 618. The number of carbonyl (C=O) groups is 3. The van der Waals surface area contributed by atoms with E-state index in [4.69, 9.17) is 0 Å². The molecule has 0 saturated heterocycles. The minimum atomic E-state index is -1.02. The molecule has 1 saturated carbocycles. The highest BCUT2D eigenvalue weighted by Gasteiger charge is 2.29. The van der Waals surface area contributed by atoms with Gasteiger partial charge in [-0.05, 0) is 51.3 Å². The summed E-state index contributed by atoms with van der Waals surface area (Å²) >= 11 is 0. The van der Waals surface area contributed by atoms with E-state index in [1.165, 1.54) is 0 Å². The molecule has 2 amide bonds. The third kappa shape index (κ3) is 4.09. The molecule has 1 fully saturated rings. The summed E-state index contributed by atoms with van der Waals surface area (Å²) in [6, 6.07) is 6.02. The van der Waals surface area contributed by atoms with Crippen molar-refractivity contribution in [2.75, 3.05) is 0 Å². The number of aliphatic carboxylic acids is 1. The highest BCUT2D eigenvalue weighted by Crippen LogP contribution is 2.23. The Labute approximate surface area is 135 Å². The van der Waals surface area contributed by atoms with Gasteiger partial charge in [-0.2, -0.15) is 0 Å². The van der Waals surface area contributed by atoms with Gasteiger partial charge in [-0.1, -0.05) is 12.1 Å². The van der Waals surface area contributed by atoms with Crippen molar-refractivity contribution >= 4 is 17.8 Å². The van der Waals surface area contributed by atoms with Gasteiger partial charge in [-0.3, -0.25) is 14.4 Å². The zero-order valence-electron chi connectivity index (χ0n) is 13.6. The molecule has 0 aliphatic heterocycles. The van der Waals surface area contributed by atoms with E-state index in [-0.39, 0.29) is 17.9 Å². The molecule has 1 atom stereocenters. The van der Waals surface area contributed by atoms with Crippen LogP contribution >= 0.6 is 0 Å². The fourth-order valence-corrected chi connectivity index (χ4v) is 2.06. The van der Waals surface area contributed by atoms with Crippen molar-refractivity contribution in [3.8, 4) is 0 Å². The monoisotopic (exact) mass is 318 g/mol. The number of hydrogen-bond acceptors (Lipinski definition) is 3. The fourth-order valence-electron chi connectivity index (χ4n) is 2.06. The van der Waals surface area contributed by atoms with Crippen LogP contribution in [0.4, 0.5) is 0 Å². The van der Waals surface area contributed by atoms with E-state index in [9.17, 15) is 19.5 Å². The van der Waals surface area contributed by atoms with E-state index in [1.807, 2.05) is 0 Å². The van der Waals surface area contributed by atoms with Crippen LogP contribution < -0.4 is 10.6 Å². The third-order valence-corrected chi connectivity index (χ3v) is 4.07. The van der Waals surface area contributed by atoms with Crippen LogP contribution in [0.5, 0.6) is 0 Å². The second kappa shape index (κ2) is 6.40. The molecular formula is C17H22N2O4. The molecule has 124 valence electrons. The Morgan fingerprint density at radius 2 is 1.74 bits per heavy atom. The van der Waals surface area contributed by atoms with Crippen LogP contribution in [-0.4, -0.2) is 35.0 Å². The topological polar surface area (TPSA) is 95.5 Å². The standard InChI is InChI=1S/C17H22N2O4/c1-10(14(20)19-13-8-9-13)18-15(21)11-4-6-12(7-5-11)17(2,3)16(22)23/h4-7,10,13H,8-9H2,1-3H3,(H,18,21)(H,19,20)(H,22,23). The maximum atomic E-state index is 12.1. The maximum Gasteiger partial charge on any atom is 0.313 e. The van der Waals surface area contributed by atoms with Crippen molar-refractivity contribution < 1.29 is 19.5 Å². The number of carbonyl (C=O) groups excluding carboxylic acids is 2. The number of amides is 2. The lowest BCUT2D eigenvalue weighted by molar-refractivity contribution is -0.142. The van der Waals surface area contributed by atoms with Gasteiger partial charge in [-0.25, -0.2) is 0 Å². The largest absolute Gasteiger partial charge is 0.481 e. The molecule has 1 aromatic carbocycles. The van der Waals surface area contributed by atoms with E-state index >= 15 is 0 Å². The number of carboxylic acid groups (broad SMARTS) is 1. The van der Waals surface area contributed by atoms with Crippen molar-refractivity contribution in [2.45, 2.75) is 51.1 Å². The molecule has 0 radical (unpaired) electrons. The van der Waals surface area contributed by atoms with Crippen LogP contribution in [0.15, 0.2) is 24.3 Å². The molecule has 2 rings (SSSR count). The number of nitrogens with one attached hydrogen (secondary N) is 2. The van der Waals surface area contributed by atoms with Gasteiger partial charge in [0.25, 0.3) is 5.91 Å². The molecule has 0 spiro atoms. The first-order chi connectivity index (χ1) is 10.7. The molecule has 1 unspecified atom stereocenters. The number of hydrogen-bond donors (Lipinski definition) is 3. The lowest BCUT2D eigenvalue weighted by atomic mass is 9.84. The molecule has 1 aliphatic carbocycles. The summed E-state index contributed by atoms with van der Waals surface area (Å²) in [6.07, 6.45) is 1.99. The summed E-state index contributed by atoms with van der Waals surface area (Å²) < 4.78 is 0. The average Bonchev–Trinajstić information content (AvgIpc) is 3.31. The SMILES string of the molecule is CC(NC(=O)c1ccc(C(C)(C)C(=O)O)cc1)C(=O)NC1CC1. The van der Waals surface area contributed by atoms with E-state index in [2.05, 4.69) is 10.6 Å². The molecule has 1 aliphatic rings. The minimum Gasteiger partial charge on any atom is -0.481 e. The van der Waals surface area contributed by atoms with E-state index < -0.39 is 17.4 Å². The predicted molar refractivity (Wildman–Crippen MR) is 85.2 cm³/mol. The quantitative estimate of drug-likeness (QED) is 0.739. The Hall–Kier alpha value is -2.37. The predicted octanol–water partition coefficient (Wildman–Crippen LogP) is 1.45. The van der Waals surface area contributed by atoms with Crippen molar-refractivity contribution in [1.29, 1.82) is 0 Å². The van der Waals surface area contributed by atoms with Gasteiger partial charge in [0.2, 0.25) is 5.91 Å². The Morgan fingerprint density at radius 1 is 1.17 bits per heavy atom. The van der Waals surface area contributed by atoms with Crippen LogP contribution in [0.25, 0.3) is 0 Å². The molecule has 1 aromatic rings. The first kappa shape index (κ1) is 17.0. The molecule has 6 nitrogen and oxygen atoms in total. The van der Waals surface area contributed by atoms with Gasteiger partial charge in [0, 0.05) is 11.6 Å². The zero-order chi connectivity index (χ0) is 17.2. The van der Waals surface area contributed by atoms with E-state index in [0.29, 0.717) is 11.1 Å². The Kier molecular flexibility index (Phi) is 4.73. The van der Waals surface area contributed by atoms with Gasteiger partial charge in [0.1, 0.15) is 6.04 Å². The molecule has 0 heterocycles. The molecule has 0 bridgehead atoms. The van der Waals surface area contributed by atoms with Crippen molar-refractivity contribution in [1.82, 2.24) is 10.6 Å². The number of rotatable bonds is 6. The van der Waals surface area contributed by atoms with Crippen molar-refractivity contribution in [3.05, 3.63) is 35.4 Å². The second-order valence-corrected chi connectivity index (χ2v) is 6.49. The fraction of sp³-hybridized carbons (Fsp3) is 0.471. The van der Waals surface area contributed by atoms with Crippen LogP contribution in [0.3, 0.4) is 0 Å². The van der Waals surface area contributed by atoms with Crippen LogP contribution in [0, 0.1) is 0 Å². The van der Waals surface area contributed by atoms with Gasteiger partial charge >= 0.3 is 5.97 Å². The summed E-state index contributed by atoms with van der Waals surface area (Å²) in [4.78, 5) is 35.2. The van der Waals surface area contributed by atoms with Crippen LogP contribution in [0.1, 0.15) is 49.5 Å². The highest BCUT2D eigenvalue weighted by atomic mass is 16.4. The molecular weight excluding hydrogens is 296 g/mol. The van der Waals surface area contributed by atoms with Crippen LogP contribution in [-0.2, 0) is 15.0 Å². The average molecular weight is 318 g/mol. The lowest BCUT2D eigenvalue weighted by Gasteiger charge is -2.20. The summed E-state index contributed by atoms with van der Waals surface area (Å²) in [5, 5.41) is 14.7. The van der Waals surface area contributed by atoms with E-state index in [0.717, 1.165) is 12.8 Å². The lowest BCUT2D eigenvalue weighted by Crippen LogP contribution is -2.45. The third-order valence-electron chi connectivity index (χ3n) is 4.07. The number of carboxylic acids is 1.